The van der Waals surface area contributed by atoms with Gasteiger partial charge in [-0.25, -0.2) is 4.39 Å². The molecular formula is C27H30FN5OS. The van der Waals surface area contributed by atoms with Crippen LogP contribution in [0.5, 0.6) is 0 Å². The fourth-order valence-electron chi connectivity index (χ4n) is 5.20. The fraction of sp³-hybridized carbons (Fsp3) is 0.370. The smallest absolute Gasteiger partial charge is 0.226 e. The first-order chi connectivity index (χ1) is 17.1. The molecule has 2 N–H and O–H groups in total. The summed E-state index contributed by atoms with van der Waals surface area (Å²) in [4.78, 5) is 19.3. The predicted octanol–water partition coefficient (Wildman–Crippen LogP) is 5.53. The van der Waals surface area contributed by atoms with Gasteiger partial charge < -0.3 is 20.1 Å². The molecule has 1 aliphatic heterocycles. The molecule has 1 amide bonds. The van der Waals surface area contributed by atoms with Crippen LogP contribution in [0.25, 0.3) is 0 Å². The van der Waals surface area contributed by atoms with E-state index >= 15 is 0 Å². The van der Waals surface area contributed by atoms with Crippen LogP contribution < -0.4 is 10.6 Å². The summed E-state index contributed by atoms with van der Waals surface area (Å²) in [5.41, 5.74) is 2.66. The van der Waals surface area contributed by atoms with Crippen molar-refractivity contribution in [3.05, 3.63) is 84.2 Å². The lowest BCUT2D eigenvalue weighted by atomic mass is 9.95. The van der Waals surface area contributed by atoms with E-state index in [0.29, 0.717) is 23.4 Å². The number of hydrogen-bond acceptors (Lipinski definition) is 3. The number of carbonyl (C=O) groups is 1. The van der Waals surface area contributed by atoms with Gasteiger partial charge in [0.05, 0.1) is 17.8 Å². The van der Waals surface area contributed by atoms with Crippen LogP contribution in [0.2, 0.25) is 0 Å². The van der Waals surface area contributed by atoms with Crippen molar-refractivity contribution in [2.75, 3.05) is 11.9 Å². The van der Waals surface area contributed by atoms with E-state index in [4.69, 9.17) is 12.2 Å². The molecular weight excluding hydrogens is 461 g/mol. The molecule has 0 bridgehead atoms. The molecule has 2 aliphatic rings. The van der Waals surface area contributed by atoms with Crippen molar-refractivity contribution in [3.63, 3.8) is 0 Å². The molecule has 5 rings (SSSR count). The highest BCUT2D eigenvalue weighted by atomic mass is 32.1. The van der Waals surface area contributed by atoms with Crippen LogP contribution in [0.15, 0.2) is 67.1 Å². The molecule has 3 aromatic rings. The molecule has 2 atom stereocenters. The van der Waals surface area contributed by atoms with Crippen molar-refractivity contribution >= 4 is 28.9 Å². The first kappa shape index (κ1) is 23.5. The number of halogens is 1. The molecule has 6 nitrogen and oxygen atoms in total. The zero-order valence-corrected chi connectivity index (χ0v) is 20.4. The van der Waals surface area contributed by atoms with Gasteiger partial charge in [0.2, 0.25) is 5.91 Å². The minimum absolute atomic E-state index is 0.0686. The zero-order chi connectivity index (χ0) is 24.2. The standard InChI is InChI=1S/C27H30FN5OS/c28-20-9-11-21(12-10-20)30-24(34)14-17-33-26(25(31-27(33)35)23-8-4-5-15-29-23)19-13-16-32(18-19)22-6-2-1-3-7-22/h4-5,8-13,15-16,18,22,25-26H,1-3,6-7,14,17H2,(H,30,34)(H,31,35)/t25-,26-/m1/s1. The SMILES string of the molecule is O=C(CCN1C(=S)N[C@H](c2ccccn2)[C@H]1c1ccn(C2CCCCC2)c1)Nc1ccc(F)cc1. The third-order valence-corrected chi connectivity index (χ3v) is 7.33. The van der Waals surface area contributed by atoms with Gasteiger partial charge >= 0.3 is 0 Å². The van der Waals surface area contributed by atoms with Crippen molar-refractivity contribution < 1.29 is 9.18 Å². The van der Waals surface area contributed by atoms with Crippen molar-refractivity contribution in [1.82, 2.24) is 19.8 Å². The van der Waals surface area contributed by atoms with Gasteiger partial charge in [-0.3, -0.25) is 9.78 Å². The first-order valence-electron chi connectivity index (χ1n) is 12.3. The van der Waals surface area contributed by atoms with E-state index in [2.05, 4.69) is 43.5 Å². The van der Waals surface area contributed by atoms with Crippen LogP contribution in [0.3, 0.4) is 0 Å². The summed E-state index contributed by atoms with van der Waals surface area (Å²) >= 11 is 5.73. The number of aromatic nitrogens is 2. The minimum atomic E-state index is -0.333. The third kappa shape index (κ3) is 5.37. The van der Waals surface area contributed by atoms with Crippen LogP contribution in [0, 0.1) is 5.82 Å². The molecule has 0 radical (unpaired) electrons. The number of pyridine rings is 1. The Kier molecular flexibility index (Phi) is 7.08. The van der Waals surface area contributed by atoms with E-state index < -0.39 is 0 Å². The Hall–Kier alpha value is -3.26. The van der Waals surface area contributed by atoms with E-state index in [-0.39, 0.29) is 30.2 Å². The number of thiocarbonyl (C=S) groups is 1. The van der Waals surface area contributed by atoms with Gasteiger partial charge in [0.1, 0.15) is 5.82 Å². The Labute approximate surface area is 210 Å². The largest absolute Gasteiger partial charge is 0.352 e. The highest BCUT2D eigenvalue weighted by Crippen LogP contribution is 2.39. The topological polar surface area (TPSA) is 62.2 Å². The zero-order valence-electron chi connectivity index (χ0n) is 19.6. The van der Waals surface area contributed by atoms with Gasteiger partial charge in [-0.05, 0) is 73.1 Å². The molecule has 2 fully saturated rings. The lowest BCUT2D eigenvalue weighted by molar-refractivity contribution is -0.116. The highest BCUT2D eigenvalue weighted by Gasteiger charge is 2.40. The van der Waals surface area contributed by atoms with E-state index in [0.717, 1.165) is 11.3 Å². The van der Waals surface area contributed by atoms with E-state index in [1.165, 1.54) is 44.2 Å². The van der Waals surface area contributed by atoms with Gasteiger partial charge in [-0.1, -0.05) is 25.3 Å². The third-order valence-electron chi connectivity index (χ3n) is 6.98. The molecule has 35 heavy (non-hydrogen) atoms. The summed E-state index contributed by atoms with van der Waals surface area (Å²) in [5, 5.41) is 6.91. The number of anilines is 1. The number of benzene rings is 1. The van der Waals surface area contributed by atoms with Crippen LogP contribution in [-0.2, 0) is 4.79 Å². The van der Waals surface area contributed by atoms with E-state index in [1.807, 2.05) is 18.2 Å². The van der Waals surface area contributed by atoms with Crippen molar-refractivity contribution in [1.29, 1.82) is 0 Å². The number of amides is 1. The average Bonchev–Trinajstić information content (AvgIpc) is 3.50. The highest BCUT2D eigenvalue weighted by molar-refractivity contribution is 7.80. The lowest BCUT2D eigenvalue weighted by Gasteiger charge is -2.27. The average molecular weight is 492 g/mol. The van der Waals surface area contributed by atoms with Crippen LogP contribution in [0.4, 0.5) is 10.1 Å². The van der Waals surface area contributed by atoms with E-state index in [1.54, 1.807) is 18.3 Å². The van der Waals surface area contributed by atoms with Crippen LogP contribution >= 0.6 is 12.2 Å². The summed E-state index contributed by atoms with van der Waals surface area (Å²) < 4.78 is 15.5. The maximum absolute atomic E-state index is 13.2. The van der Waals surface area contributed by atoms with Crippen LogP contribution in [0.1, 0.15) is 67.9 Å². The van der Waals surface area contributed by atoms with Crippen LogP contribution in [-0.4, -0.2) is 32.0 Å². The second-order valence-corrected chi connectivity index (χ2v) is 9.70. The summed E-state index contributed by atoms with van der Waals surface area (Å²) in [6, 6.07) is 14.2. The summed E-state index contributed by atoms with van der Waals surface area (Å²) in [7, 11) is 0. The summed E-state index contributed by atoms with van der Waals surface area (Å²) in [6.07, 6.45) is 12.8. The molecule has 182 valence electrons. The molecule has 1 aromatic carbocycles. The Morgan fingerprint density at radius 2 is 1.91 bits per heavy atom. The van der Waals surface area contributed by atoms with Gasteiger partial charge in [0.15, 0.2) is 5.11 Å². The molecule has 8 heteroatoms. The minimum Gasteiger partial charge on any atom is -0.352 e. The number of nitrogens with one attached hydrogen (secondary N) is 2. The maximum Gasteiger partial charge on any atom is 0.226 e. The number of carbonyl (C=O) groups excluding carboxylic acids is 1. The van der Waals surface area contributed by atoms with Crippen molar-refractivity contribution in [2.24, 2.45) is 0 Å². The first-order valence-corrected chi connectivity index (χ1v) is 12.7. The number of nitrogens with zero attached hydrogens (tertiary/aromatic N) is 3. The normalized spacial score (nSPS) is 20.6. The Bertz CT molecular complexity index is 1160. The maximum atomic E-state index is 13.2. The second kappa shape index (κ2) is 10.6. The fourth-order valence-corrected chi connectivity index (χ4v) is 5.53. The molecule has 3 heterocycles. The Morgan fingerprint density at radius 1 is 1.11 bits per heavy atom. The molecule has 0 spiro atoms. The van der Waals surface area contributed by atoms with Gasteiger partial charge in [-0.15, -0.1) is 0 Å². The number of hydrogen-bond donors (Lipinski definition) is 2. The molecule has 1 saturated heterocycles. The van der Waals surface area contributed by atoms with E-state index in [9.17, 15) is 9.18 Å². The molecule has 1 saturated carbocycles. The van der Waals surface area contributed by atoms with Gasteiger partial charge in [0, 0.05) is 43.3 Å². The number of rotatable bonds is 7. The Morgan fingerprint density at radius 3 is 2.66 bits per heavy atom. The quantitative estimate of drug-likeness (QED) is 0.426. The monoisotopic (exact) mass is 491 g/mol. The van der Waals surface area contributed by atoms with Gasteiger partial charge in [-0.2, -0.15) is 0 Å². The summed E-state index contributed by atoms with van der Waals surface area (Å²) in [5.74, 6) is -0.473. The molecule has 0 unspecified atom stereocenters. The Balaban J connectivity index is 1.35. The molecule has 1 aliphatic carbocycles. The van der Waals surface area contributed by atoms with Crippen molar-refractivity contribution in [2.45, 2.75) is 56.7 Å². The van der Waals surface area contributed by atoms with Gasteiger partial charge in [0.25, 0.3) is 0 Å². The van der Waals surface area contributed by atoms with Crippen molar-refractivity contribution in [3.8, 4) is 0 Å². The molecule has 2 aromatic heterocycles. The second-order valence-electron chi connectivity index (χ2n) is 9.31. The lowest BCUT2D eigenvalue weighted by Crippen LogP contribution is -2.32. The predicted molar refractivity (Wildman–Crippen MR) is 138 cm³/mol. The summed E-state index contributed by atoms with van der Waals surface area (Å²) in [6.45, 7) is 0.460.